The van der Waals surface area contributed by atoms with Crippen LogP contribution in [0.2, 0.25) is 0 Å². The highest BCUT2D eigenvalue weighted by Gasteiger charge is 2.28. The largest absolute Gasteiger partial charge is 0.294 e. The molecule has 5 heteroatoms. The molecule has 0 aliphatic heterocycles. The Morgan fingerprint density at radius 2 is 2.10 bits per heavy atom. The molecule has 1 aliphatic carbocycles. The summed E-state index contributed by atoms with van der Waals surface area (Å²) in [5.41, 5.74) is 0.454. The van der Waals surface area contributed by atoms with Gasteiger partial charge >= 0.3 is 0 Å². The number of rotatable bonds is 5. The summed E-state index contributed by atoms with van der Waals surface area (Å²) in [6.45, 7) is 3.83. The smallest absolute Gasteiger partial charge is 0.240 e. The molecule has 0 saturated heterocycles. The number of hydrogen-bond donors (Lipinski definition) is 1. The number of sulfonamides is 1. The molecule has 20 heavy (non-hydrogen) atoms. The van der Waals surface area contributed by atoms with Gasteiger partial charge in [0.05, 0.1) is 4.90 Å². The van der Waals surface area contributed by atoms with Crippen LogP contribution in [0.15, 0.2) is 29.2 Å². The molecule has 1 aromatic rings. The minimum absolute atomic E-state index is 0.00512. The fraction of sp³-hybridized carbons (Fsp3) is 0.533. The van der Waals surface area contributed by atoms with Gasteiger partial charge in [0, 0.05) is 18.0 Å². The lowest BCUT2D eigenvalue weighted by atomic mass is 10.1. The molecule has 1 fully saturated rings. The van der Waals surface area contributed by atoms with Crippen molar-refractivity contribution in [3.8, 4) is 0 Å². The fourth-order valence-corrected chi connectivity index (χ4v) is 4.05. The predicted molar refractivity (Wildman–Crippen MR) is 78.2 cm³/mol. The summed E-state index contributed by atoms with van der Waals surface area (Å²) in [7, 11) is -3.54. The lowest BCUT2D eigenvalue weighted by Gasteiger charge is -2.17. The molecule has 2 rings (SSSR count). The second-order valence-electron chi connectivity index (χ2n) is 5.44. The SMILES string of the molecule is CCC(=O)c1cccc(S(=O)(=O)NC2CCCC2C)c1. The molecule has 0 aromatic heterocycles. The number of hydrogen-bond acceptors (Lipinski definition) is 3. The third-order valence-corrected chi connectivity index (χ3v) is 5.44. The third kappa shape index (κ3) is 3.27. The van der Waals surface area contributed by atoms with Crippen molar-refractivity contribution >= 4 is 15.8 Å². The number of nitrogens with one attached hydrogen (secondary N) is 1. The van der Waals surface area contributed by atoms with Crippen LogP contribution in [0, 0.1) is 5.92 Å². The highest BCUT2D eigenvalue weighted by Crippen LogP contribution is 2.26. The highest BCUT2D eigenvalue weighted by molar-refractivity contribution is 7.89. The van der Waals surface area contributed by atoms with E-state index in [9.17, 15) is 13.2 Å². The summed E-state index contributed by atoms with van der Waals surface area (Å²) in [5.74, 6) is 0.321. The molecule has 0 radical (unpaired) electrons. The lowest BCUT2D eigenvalue weighted by Crippen LogP contribution is -2.36. The van der Waals surface area contributed by atoms with E-state index in [1.54, 1.807) is 19.1 Å². The second kappa shape index (κ2) is 6.06. The third-order valence-electron chi connectivity index (χ3n) is 3.96. The summed E-state index contributed by atoms with van der Waals surface area (Å²) in [4.78, 5) is 11.9. The Hall–Kier alpha value is -1.20. The van der Waals surface area contributed by atoms with Crippen molar-refractivity contribution in [1.29, 1.82) is 0 Å². The minimum Gasteiger partial charge on any atom is -0.294 e. The molecule has 2 unspecified atom stereocenters. The first kappa shape index (κ1) is 15.2. The van der Waals surface area contributed by atoms with Crippen molar-refractivity contribution in [2.45, 2.75) is 50.5 Å². The van der Waals surface area contributed by atoms with Crippen LogP contribution in [0.5, 0.6) is 0 Å². The van der Waals surface area contributed by atoms with Crippen LogP contribution in [-0.2, 0) is 10.0 Å². The average Bonchev–Trinajstić information content (AvgIpc) is 2.83. The maximum atomic E-state index is 12.4. The van der Waals surface area contributed by atoms with E-state index in [-0.39, 0.29) is 16.7 Å². The van der Waals surface area contributed by atoms with Crippen LogP contribution in [0.25, 0.3) is 0 Å². The van der Waals surface area contributed by atoms with Gasteiger partial charge in [-0.05, 0) is 30.9 Å². The van der Waals surface area contributed by atoms with E-state index >= 15 is 0 Å². The molecule has 1 saturated carbocycles. The van der Waals surface area contributed by atoms with E-state index in [1.807, 2.05) is 0 Å². The van der Waals surface area contributed by atoms with Crippen LogP contribution in [-0.4, -0.2) is 20.2 Å². The van der Waals surface area contributed by atoms with Crippen molar-refractivity contribution in [2.75, 3.05) is 0 Å². The Morgan fingerprint density at radius 1 is 1.35 bits per heavy atom. The summed E-state index contributed by atoms with van der Waals surface area (Å²) in [5, 5.41) is 0. The van der Waals surface area contributed by atoms with Gasteiger partial charge in [0.2, 0.25) is 10.0 Å². The second-order valence-corrected chi connectivity index (χ2v) is 7.15. The first-order valence-corrected chi connectivity index (χ1v) is 8.58. The van der Waals surface area contributed by atoms with E-state index in [2.05, 4.69) is 11.6 Å². The highest BCUT2D eigenvalue weighted by atomic mass is 32.2. The Balaban J connectivity index is 2.23. The van der Waals surface area contributed by atoms with E-state index in [0.29, 0.717) is 17.9 Å². The minimum atomic E-state index is -3.54. The predicted octanol–water partition coefficient (Wildman–Crippen LogP) is 2.75. The molecule has 4 nitrogen and oxygen atoms in total. The molecule has 1 aromatic carbocycles. The molecular formula is C15H21NO3S. The Kier molecular flexibility index (Phi) is 4.60. The number of carbonyl (C=O) groups excluding carboxylic acids is 1. The van der Waals surface area contributed by atoms with Crippen LogP contribution in [0.4, 0.5) is 0 Å². The Bertz CT molecular complexity index is 595. The Labute approximate surface area is 120 Å². The molecule has 1 N–H and O–H groups in total. The van der Waals surface area contributed by atoms with Gasteiger partial charge in [-0.2, -0.15) is 0 Å². The quantitative estimate of drug-likeness (QED) is 0.850. The number of Topliss-reactive ketones (excluding diaryl/α,β-unsaturated/α-hetero) is 1. The van der Waals surface area contributed by atoms with Crippen LogP contribution in [0.1, 0.15) is 49.9 Å². The summed E-state index contributed by atoms with van der Waals surface area (Å²) < 4.78 is 27.5. The van der Waals surface area contributed by atoms with E-state index in [0.717, 1.165) is 19.3 Å². The zero-order valence-electron chi connectivity index (χ0n) is 11.9. The topological polar surface area (TPSA) is 63.2 Å². The van der Waals surface area contributed by atoms with Gasteiger partial charge in [-0.1, -0.05) is 32.4 Å². The van der Waals surface area contributed by atoms with Gasteiger partial charge in [0.1, 0.15) is 0 Å². The molecule has 0 spiro atoms. The molecule has 2 atom stereocenters. The molecular weight excluding hydrogens is 274 g/mol. The zero-order chi connectivity index (χ0) is 14.8. The van der Waals surface area contributed by atoms with Crippen molar-refractivity contribution in [3.05, 3.63) is 29.8 Å². The number of ketones is 1. The van der Waals surface area contributed by atoms with E-state index < -0.39 is 10.0 Å². The van der Waals surface area contributed by atoms with Crippen LogP contribution in [0.3, 0.4) is 0 Å². The van der Waals surface area contributed by atoms with Crippen LogP contribution >= 0.6 is 0 Å². The first-order valence-electron chi connectivity index (χ1n) is 7.09. The maximum absolute atomic E-state index is 12.4. The standard InChI is InChI=1S/C15H21NO3S/c1-3-15(17)12-7-5-8-13(10-12)20(18,19)16-14-9-4-6-11(14)2/h5,7-8,10-11,14,16H,3-4,6,9H2,1-2H3. The van der Waals surface area contributed by atoms with E-state index in [4.69, 9.17) is 0 Å². The van der Waals surface area contributed by atoms with E-state index in [1.165, 1.54) is 12.1 Å². The summed E-state index contributed by atoms with van der Waals surface area (Å²) in [6, 6.07) is 6.28. The first-order chi connectivity index (χ1) is 9.44. The monoisotopic (exact) mass is 295 g/mol. The molecule has 0 heterocycles. The molecule has 1 aliphatic rings. The van der Waals surface area contributed by atoms with Gasteiger partial charge in [-0.15, -0.1) is 0 Å². The maximum Gasteiger partial charge on any atom is 0.240 e. The summed E-state index contributed by atoms with van der Waals surface area (Å²) >= 11 is 0. The van der Waals surface area contributed by atoms with Gasteiger partial charge in [-0.3, -0.25) is 4.79 Å². The van der Waals surface area contributed by atoms with Gasteiger partial charge in [-0.25, -0.2) is 13.1 Å². The zero-order valence-corrected chi connectivity index (χ0v) is 12.7. The fourth-order valence-electron chi connectivity index (χ4n) is 2.63. The van der Waals surface area contributed by atoms with Gasteiger partial charge < -0.3 is 0 Å². The number of benzene rings is 1. The average molecular weight is 295 g/mol. The normalized spacial score (nSPS) is 22.9. The van der Waals surface area contributed by atoms with Crippen molar-refractivity contribution in [2.24, 2.45) is 5.92 Å². The molecule has 0 bridgehead atoms. The van der Waals surface area contributed by atoms with Crippen LogP contribution < -0.4 is 4.72 Å². The van der Waals surface area contributed by atoms with Crippen molar-refractivity contribution < 1.29 is 13.2 Å². The summed E-state index contributed by atoms with van der Waals surface area (Å²) in [6.07, 6.45) is 3.37. The van der Waals surface area contributed by atoms with Gasteiger partial charge in [0.25, 0.3) is 0 Å². The molecule has 0 amide bonds. The van der Waals surface area contributed by atoms with Crippen molar-refractivity contribution in [1.82, 2.24) is 4.72 Å². The lowest BCUT2D eigenvalue weighted by molar-refractivity contribution is 0.0988. The number of carbonyl (C=O) groups is 1. The Morgan fingerprint density at radius 3 is 2.70 bits per heavy atom. The van der Waals surface area contributed by atoms with Crippen molar-refractivity contribution in [3.63, 3.8) is 0 Å². The van der Waals surface area contributed by atoms with Gasteiger partial charge in [0.15, 0.2) is 5.78 Å². The molecule has 110 valence electrons.